The highest BCUT2D eigenvalue weighted by Gasteiger charge is 2.19. The van der Waals surface area contributed by atoms with E-state index in [9.17, 15) is 0 Å². The predicted octanol–water partition coefficient (Wildman–Crippen LogP) is 4.04. The summed E-state index contributed by atoms with van der Waals surface area (Å²) in [5, 5.41) is 0. The van der Waals surface area contributed by atoms with Gasteiger partial charge in [0, 0.05) is 10.0 Å². The fourth-order valence-electron chi connectivity index (χ4n) is 2.31. The summed E-state index contributed by atoms with van der Waals surface area (Å²) in [6, 6.07) is 5.80. The van der Waals surface area contributed by atoms with Crippen LogP contribution in [-0.4, -0.2) is 11.1 Å². The van der Waals surface area contributed by atoms with Crippen molar-refractivity contribution in [3.05, 3.63) is 28.2 Å². The van der Waals surface area contributed by atoms with E-state index >= 15 is 0 Å². The van der Waals surface area contributed by atoms with Crippen molar-refractivity contribution in [3.63, 3.8) is 0 Å². The Morgan fingerprint density at radius 3 is 2.56 bits per heavy atom. The molecule has 1 fully saturated rings. The van der Waals surface area contributed by atoms with Crippen molar-refractivity contribution >= 4 is 33.1 Å². The summed E-state index contributed by atoms with van der Waals surface area (Å²) >= 11 is 8.45. The quantitative estimate of drug-likeness (QED) is 0.851. The van der Waals surface area contributed by atoms with Crippen molar-refractivity contribution in [2.75, 3.05) is 0 Å². The molecule has 0 aliphatic heterocycles. The number of halogens is 1. The molecule has 2 N–H and O–H groups in total. The molecule has 0 bridgehead atoms. The minimum absolute atomic E-state index is 0.351. The van der Waals surface area contributed by atoms with Crippen LogP contribution >= 0.6 is 28.1 Å². The molecule has 0 heterocycles. The minimum atomic E-state index is 0.351. The summed E-state index contributed by atoms with van der Waals surface area (Å²) < 4.78 is 6.90. The van der Waals surface area contributed by atoms with Gasteiger partial charge in [-0.25, -0.2) is 0 Å². The average molecular weight is 328 g/mol. The zero-order chi connectivity index (χ0) is 13.1. The summed E-state index contributed by atoms with van der Waals surface area (Å²) in [6.45, 7) is 2.31. The maximum Gasteiger partial charge on any atom is 0.120 e. The van der Waals surface area contributed by atoms with Gasteiger partial charge in [-0.05, 0) is 65.7 Å². The normalized spacial score (nSPS) is 23.7. The van der Waals surface area contributed by atoms with E-state index in [0.29, 0.717) is 11.1 Å². The van der Waals surface area contributed by atoms with Gasteiger partial charge in [-0.1, -0.05) is 19.1 Å². The number of hydrogen-bond acceptors (Lipinski definition) is 2. The Kier molecular flexibility index (Phi) is 4.62. The van der Waals surface area contributed by atoms with Gasteiger partial charge < -0.3 is 10.5 Å². The van der Waals surface area contributed by atoms with Gasteiger partial charge in [-0.2, -0.15) is 0 Å². The first-order chi connectivity index (χ1) is 8.56. The van der Waals surface area contributed by atoms with Crippen LogP contribution in [0.4, 0.5) is 0 Å². The first-order valence-electron chi connectivity index (χ1n) is 6.32. The van der Waals surface area contributed by atoms with E-state index < -0.39 is 0 Å². The van der Waals surface area contributed by atoms with E-state index in [4.69, 9.17) is 22.7 Å². The largest absolute Gasteiger partial charge is 0.490 e. The molecule has 1 aromatic rings. The molecule has 0 spiro atoms. The molecule has 2 rings (SSSR count). The summed E-state index contributed by atoms with van der Waals surface area (Å²) in [7, 11) is 0. The first-order valence-corrected chi connectivity index (χ1v) is 7.52. The van der Waals surface area contributed by atoms with Crippen LogP contribution in [0.3, 0.4) is 0 Å². The van der Waals surface area contributed by atoms with Gasteiger partial charge in [0.25, 0.3) is 0 Å². The smallest absolute Gasteiger partial charge is 0.120 e. The molecule has 0 radical (unpaired) electrons. The van der Waals surface area contributed by atoms with Gasteiger partial charge >= 0.3 is 0 Å². The van der Waals surface area contributed by atoms with Crippen LogP contribution in [0.5, 0.6) is 5.75 Å². The van der Waals surface area contributed by atoms with Gasteiger partial charge in [-0.15, -0.1) is 0 Å². The third-order valence-electron chi connectivity index (χ3n) is 3.47. The summed E-state index contributed by atoms with van der Waals surface area (Å²) in [6.07, 6.45) is 5.17. The van der Waals surface area contributed by atoms with Crippen LogP contribution in [0.1, 0.15) is 38.2 Å². The number of ether oxygens (including phenoxy) is 1. The van der Waals surface area contributed by atoms with Gasteiger partial charge in [0.05, 0.1) is 6.10 Å². The third-order valence-corrected chi connectivity index (χ3v) is 4.35. The van der Waals surface area contributed by atoms with Crippen LogP contribution in [0, 0.1) is 5.92 Å². The number of benzene rings is 1. The van der Waals surface area contributed by atoms with E-state index in [1.54, 1.807) is 0 Å². The van der Waals surface area contributed by atoms with Crippen molar-refractivity contribution in [1.82, 2.24) is 0 Å². The molecule has 0 amide bonds. The third kappa shape index (κ3) is 3.45. The van der Waals surface area contributed by atoms with Crippen LogP contribution in [0.2, 0.25) is 0 Å². The highest BCUT2D eigenvalue weighted by molar-refractivity contribution is 9.10. The lowest BCUT2D eigenvalue weighted by molar-refractivity contribution is 0.135. The molecular formula is C14H18BrNOS. The first kappa shape index (κ1) is 13.8. The molecule has 0 unspecified atom stereocenters. The van der Waals surface area contributed by atoms with E-state index in [1.165, 1.54) is 12.8 Å². The molecule has 2 nitrogen and oxygen atoms in total. The molecule has 18 heavy (non-hydrogen) atoms. The van der Waals surface area contributed by atoms with E-state index in [2.05, 4.69) is 22.9 Å². The number of nitrogens with two attached hydrogens (primary N) is 1. The van der Waals surface area contributed by atoms with Crippen molar-refractivity contribution in [1.29, 1.82) is 0 Å². The highest BCUT2D eigenvalue weighted by Crippen LogP contribution is 2.29. The molecule has 1 aromatic carbocycles. The molecule has 1 aliphatic carbocycles. The van der Waals surface area contributed by atoms with Gasteiger partial charge in [0.15, 0.2) is 0 Å². The Hall–Kier alpha value is -0.610. The van der Waals surface area contributed by atoms with Crippen molar-refractivity contribution in [3.8, 4) is 5.75 Å². The number of thiocarbonyl (C=S) groups is 1. The van der Waals surface area contributed by atoms with Crippen LogP contribution in [0.15, 0.2) is 22.7 Å². The summed E-state index contributed by atoms with van der Waals surface area (Å²) in [4.78, 5) is 0.403. The second-order valence-corrected chi connectivity index (χ2v) is 6.30. The van der Waals surface area contributed by atoms with Crippen molar-refractivity contribution < 1.29 is 4.74 Å². The zero-order valence-corrected chi connectivity index (χ0v) is 12.9. The van der Waals surface area contributed by atoms with Crippen molar-refractivity contribution in [2.24, 2.45) is 11.7 Å². The Morgan fingerprint density at radius 1 is 1.33 bits per heavy atom. The topological polar surface area (TPSA) is 35.2 Å². The molecule has 0 atom stereocenters. The van der Waals surface area contributed by atoms with Crippen LogP contribution in [-0.2, 0) is 0 Å². The van der Waals surface area contributed by atoms with Crippen LogP contribution < -0.4 is 10.5 Å². The van der Waals surface area contributed by atoms with E-state index in [0.717, 1.165) is 34.5 Å². The number of rotatable bonds is 3. The summed E-state index contributed by atoms with van der Waals surface area (Å²) in [5.41, 5.74) is 6.48. The SMILES string of the molecule is CC1CCC(Oc2ccc(C(N)=S)c(Br)c2)CC1. The molecule has 0 aromatic heterocycles. The Labute approximate surface area is 122 Å². The fraction of sp³-hybridized carbons (Fsp3) is 0.500. The standard InChI is InChI=1S/C14H18BrNOS/c1-9-2-4-10(5-3-9)17-11-6-7-12(14(16)18)13(15)8-11/h6-10H,2-5H2,1H3,(H2,16,18). The Bertz CT molecular complexity index is 441. The lowest BCUT2D eigenvalue weighted by Gasteiger charge is -2.27. The highest BCUT2D eigenvalue weighted by atomic mass is 79.9. The Morgan fingerprint density at radius 2 is 2.00 bits per heavy atom. The van der Waals surface area contributed by atoms with E-state index in [-0.39, 0.29) is 0 Å². The molecule has 98 valence electrons. The van der Waals surface area contributed by atoms with Gasteiger partial charge in [0.1, 0.15) is 10.7 Å². The maximum absolute atomic E-state index is 6.01. The lowest BCUT2D eigenvalue weighted by Crippen LogP contribution is -2.23. The Balaban J connectivity index is 2.02. The maximum atomic E-state index is 6.01. The molecule has 1 saturated carbocycles. The molecule has 1 aliphatic rings. The fourth-order valence-corrected chi connectivity index (χ4v) is 3.19. The number of hydrogen-bond donors (Lipinski definition) is 1. The van der Waals surface area contributed by atoms with E-state index in [1.807, 2.05) is 18.2 Å². The molecule has 0 saturated heterocycles. The van der Waals surface area contributed by atoms with Crippen LogP contribution in [0.25, 0.3) is 0 Å². The van der Waals surface area contributed by atoms with Crippen molar-refractivity contribution in [2.45, 2.75) is 38.7 Å². The average Bonchev–Trinajstić information content (AvgIpc) is 2.32. The summed E-state index contributed by atoms with van der Waals surface area (Å²) in [5.74, 6) is 1.73. The molecular weight excluding hydrogens is 310 g/mol. The zero-order valence-electron chi connectivity index (χ0n) is 10.5. The minimum Gasteiger partial charge on any atom is -0.490 e. The van der Waals surface area contributed by atoms with Gasteiger partial charge in [0.2, 0.25) is 0 Å². The lowest BCUT2D eigenvalue weighted by atomic mass is 9.89. The predicted molar refractivity (Wildman–Crippen MR) is 82.1 cm³/mol. The second kappa shape index (κ2) is 6.02. The monoisotopic (exact) mass is 327 g/mol. The van der Waals surface area contributed by atoms with Gasteiger partial charge in [-0.3, -0.25) is 0 Å². The second-order valence-electron chi connectivity index (χ2n) is 5.01. The molecule has 4 heteroatoms.